The van der Waals surface area contributed by atoms with E-state index in [9.17, 15) is 9.59 Å². The summed E-state index contributed by atoms with van der Waals surface area (Å²) < 4.78 is 4.73. The Bertz CT molecular complexity index is 613. The number of esters is 1. The van der Waals surface area contributed by atoms with Crippen molar-refractivity contribution in [3.63, 3.8) is 0 Å². The van der Waals surface area contributed by atoms with E-state index in [0.29, 0.717) is 18.7 Å². The first kappa shape index (κ1) is 16.2. The minimum atomic E-state index is -0.534. The summed E-state index contributed by atoms with van der Waals surface area (Å²) in [6.07, 6.45) is 1.99. The number of nitrogens with zero attached hydrogens (tertiary/aromatic N) is 1. The van der Waals surface area contributed by atoms with Gasteiger partial charge in [0.2, 0.25) is 0 Å². The van der Waals surface area contributed by atoms with Crippen LogP contribution < -0.4 is 0 Å². The first-order valence-electron chi connectivity index (χ1n) is 7.16. The van der Waals surface area contributed by atoms with E-state index in [-0.39, 0.29) is 11.9 Å². The molecule has 0 unspecified atom stereocenters. The molecule has 0 aromatic heterocycles. The maximum absolute atomic E-state index is 11.9. The molecule has 0 fully saturated rings. The molecule has 5 nitrogen and oxygen atoms in total. The van der Waals surface area contributed by atoms with Crippen LogP contribution >= 0.6 is 0 Å². The van der Waals surface area contributed by atoms with E-state index in [1.165, 1.54) is 7.11 Å². The lowest BCUT2D eigenvalue weighted by molar-refractivity contribution is -0.193. The summed E-state index contributed by atoms with van der Waals surface area (Å²) in [6.45, 7) is 6.50. The number of rotatable bonds is 3. The number of hydrogen-bond acceptors (Lipinski definition) is 5. The maximum atomic E-state index is 11.9. The fourth-order valence-electron chi connectivity index (χ4n) is 2.03. The van der Waals surface area contributed by atoms with Gasteiger partial charge in [-0.25, -0.2) is 9.59 Å². The number of benzene rings is 1. The lowest BCUT2D eigenvalue weighted by Crippen LogP contribution is -2.32. The van der Waals surface area contributed by atoms with Crippen molar-refractivity contribution < 1.29 is 19.2 Å². The third kappa shape index (κ3) is 3.74. The number of hydrogen-bond donors (Lipinski definition) is 0. The fraction of sp³-hybridized carbons (Fsp3) is 0.412. The number of ether oxygens (including phenoxy) is 1. The molecule has 0 bridgehead atoms. The van der Waals surface area contributed by atoms with Crippen LogP contribution in [0.25, 0.3) is 5.57 Å². The SMILES string of the molecule is COC(=O)c1cccc(C2=CCN(OC(=O)C(C)(C)C)C2)c1. The highest BCUT2D eigenvalue weighted by atomic mass is 16.7. The second-order valence-corrected chi connectivity index (χ2v) is 6.25. The van der Waals surface area contributed by atoms with Crippen molar-refractivity contribution in [3.05, 3.63) is 41.5 Å². The van der Waals surface area contributed by atoms with Crippen LogP contribution in [0, 0.1) is 5.41 Å². The van der Waals surface area contributed by atoms with E-state index in [2.05, 4.69) is 0 Å². The standard InChI is InChI=1S/C17H21NO4/c1-17(2,3)16(20)22-18-9-8-14(11-18)12-6-5-7-13(10-12)15(19)21-4/h5-8,10H,9,11H2,1-4H3. The zero-order valence-electron chi connectivity index (χ0n) is 13.4. The van der Waals surface area contributed by atoms with Crippen LogP contribution in [-0.4, -0.2) is 37.2 Å². The van der Waals surface area contributed by atoms with Crippen molar-refractivity contribution in [2.24, 2.45) is 5.41 Å². The smallest absolute Gasteiger partial charge is 0.337 e. The zero-order chi connectivity index (χ0) is 16.3. The first-order chi connectivity index (χ1) is 10.3. The molecule has 5 heteroatoms. The molecule has 118 valence electrons. The zero-order valence-corrected chi connectivity index (χ0v) is 13.4. The number of carbonyl (C=O) groups is 2. The monoisotopic (exact) mass is 303 g/mol. The molecule has 0 spiro atoms. The van der Waals surface area contributed by atoms with Crippen molar-refractivity contribution in [1.82, 2.24) is 5.06 Å². The van der Waals surface area contributed by atoms with E-state index >= 15 is 0 Å². The average molecular weight is 303 g/mol. The highest BCUT2D eigenvalue weighted by Gasteiger charge is 2.27. The molecule has 0 aliphatic carbocycles. The number of carbonyl (C=O) groups excluding carboxylic acids is 2. The highest BCUT2D eigenvalue weighted by Crippen LogP contribution is 2.24. The summed E-state index contributed by atoms with van der Waals surface area (Å²) in [6, 6.07) is 7.23. The predicted molar refractivity (Wildman–Crippen MR) is 82.9 cm³/mol. The minimum absolute atomic E-state index is 0.259. The Hall–Kier alpha value is -2.14. The van der Waals surface area contributed by atoms with Gasteiger partial charge >= 0.3 is 11.9 Å². The van der Waals surface area contributed by atoms with Crippen LogP contribution in [0.4, 0.5) is 0 Å². The quantitative estimate of drug-likeness (QED) is 0.804. The molecule has 1 aromatic carbocycles. The molecule has 0 saturated carbocycles. The van der Waals surface area contributed by atoms with E-state index in [1.54, 1.807) is 17.2 Å². The molecule has 2 rings (SSSR count). The van der Waals surface area contributed by atoms with Crippen molar-refractivity contribution in [2.45, 2.75) is 20.8 Å². The lowest BCUT2D eigenvalue weighted by Gasteiger charge is -2.22. The van der Waals surface area contributed by atoms with Gasteiger partial charge in [-0.2, -0.15) is 0 Å². The summed E-state index contributed by atoms with van der Waals surface area (Å²) in [5.74, 6) is -0.623. The van der Waals surface area contributed by atoms with Gasteiger partial charge in [0.05, 0.1) is 31.2 Å². The summed E-state index contributed by atoms with van der Waals surface area (Å²) in [7, 11) is 1.36. The number of methoxy groups -OCH3 is 1. The third-order valence-electron chi connectivity index (χ3n) is 3.37. The van der Waals surface area contributed by atoms with E-state index in [4.69, 9.17) is 9.57 Å². The lowest BCUT2D eigenvalue weighted by atomic mass is 9.98. The Morgan fingerprint density at radius 2 is 1.95 bits per heavy atom. The average Bonchev–Trinajstić information content (AvgIpc) is 2.94. The van der Waals surface area contributed by atoms with Gasteiger partial charge in [-0.1, -0.05) is 18.2 Å². The van der Waals surface area contributed by atoms with Gasteiger partial charge in [-0.15, -0.1) is 5.06 Å². The summed E-state index contributed by atoms with van der Waals surface area (Å²) in [5.41, 5.74) is 1.92. The summed E-state index contributed by atoms with van der Waals surface area (Å²) in [4.78, 5) is 28.9. The third-order valence-corrected chi connectivity index (χ3v) is 3.37. The molecular formula is C17H21NO4. The Morgan fingerprint density at radius 3 is 2.59 bits per heavy atom. The van der Waals surface area contributed by atoms with Crippen LogP contribution in [0.3, 0.4) is 0 Å². The van der Waals surface area contributed by atoms with Gasteiger partial charge in [0.15, 0.2) is 0 Å². The number of hydroxylamine groups is 2. The van der Waals surface area contributed by atoms with Crippen molar-refractivity contribution >= 4 is 17.5 Å². The normalized spacial score (nSPS) is 15.4. The molecule has 1 aromatic rings. The van der Waals surface area contributed by atoms with Gasteiger partial charge in [-0.3, -0.25) is 0 Å². The highest BCUT2D eigenvalue weighted by molar-refractivity contribution is 5.90. The second kappa shape index (κ2) is 6.32. The maximum Gasteiger partial charge on any atom is 0.337 e. The van der Waals surface area contributed by atoms with Crippen molar-refractivity contribution in [3.8, 4) is 0 Å². The largest absolute Gasteiger partial charge is 0.465 e. The topological polar surface area (TPSA) is 55.8 Å². The molecule has 0 atom stereocenters. The van der Waals surface area contributed by atoms with Crippen molar-refractivity contribution in [2.75, 3.05) is 20.2 Å². The van der Waals surface area contributed by atoms with E-state index in [1.807, 2.05) is 39.0 Å². The van der Waals surface area contributed by atoms with Gasteiger partial charge < -0.3 is 9.57 Å². The van der Waals surface area contributed by atoms with Gasteiger partial charge in [0.1, 0.15) is 0 Å². The summed E-state index contributed by atoms with van der Waals surface area (Å²) >= 11 is 0. The Balaban J connectivity index is 2.04. The van der Waals surface area contributed by atoms with E-state index < -0.39 is 5.41 Å². The predicted octanol–water partition coefficient (Wildman–Crippen LogP) is 2.68. The molecule has 0 amide bonds. The van der Waals surface area contributed by atoms with Crippen LogP contribution in [0.1, 0.15) is 36.7 Å². The summed E-state index contributed by atoms with van der Waals surface area (Å²) in [5, 5.41) is 1.62. The molecule has 0 N–H and O–H groups in total. The van der Waals surface area contributed by atoms with Crippen LogP contribution in [0.15, 0.2) is 30.3 Å². The van der Waals surface area contributed by atoms with Crippen molar-refractivity contribution in [1.29, 1.82) is 0 Å². The van der Waals surface area contributed by atoms with Crippen LogP contribution in [0.5, 0.6) is 0 Å². The molecule has 1 aliphatic heterocycles. The van der Waals surface area contributed by atoms with Gasteiger partial charge in [0, 0.05) is 0 Å². The van der Waals surface area contributed by atoms with Crippen LogP contribution in [0.2, 0.25) is 0 Å². The second-order valence-electron chi connectivity index (χ2n) is 6.25. The van der Waals surface area contributed by atoms with E-state index in [0.717, 1.165) is 11.1 Å². The molecule has 1 aliphatic rings. The Kier molecular flexibility index (Phi) is 4.66. The molecule has 1 heterocycles. The van der Waals surface area contributed by atoms with Crippen LogP contribution in [-0.2, 0) is 14.4 Å². The molecule has 0 radical (unpaired) electrons. The Labute approximate surface area is 130 Å². The fourth-order valence-corrected chi connectivity index (χ4v) is 2.03. The minimum Gasteiger partial charge on any atom is -0.465 e. The molecule has 22 heavy (non-hydrogen) atoms. The van der Waals surface area contributed by atoms with Gasteiger partial charge in [-0.05, 0) is 44.0 Å². The molecule has 0 saturated heterocycles. The molecular weight excluding hydrogens is 282 g/mol. The Morgan fingerprint density at radius 1 is 1.23 bits per heavy atom. The first-order valence-corrected chi connectivity index (χ1v) is 7.16. The van der Waals surface area contributed by atoms with Gasteiger partial charge in [0.25, 0.3) is 0 Å².